The fraction of sp³-hybridized carbons (Fsp3) is 0.385. The topological polar surface area (TPSA) is 95.1 Å². The molecule has 0 aliphatic carbocycles. The maximum absolute atomic E-state index is 11.9. The van der Waals surface area contributed by atoms with Gasteiger partial charge in [0.1, 0.15) is 16.9 Å². The van der Waals surface area contributed by atoms with Crippen molar-refractivity contribution in [2.75, 3.05) is 6.26 Å². The highest BCUT2D eigenvalue weighted by Gasteiger charge is 2.32. The lowest BCUT2D eigenvalue weighted by molar-refractivity contribution is -0.125. The monoisotopic (exact) mass is 329 g/mol. The lowest BCUT2D eigenvalue weighted by Crippen LogP contribution is -2.41. The molecule has 6 nitrogen and oxygen atoms in total. The van der Waals surface area contributed by atoms with Gasteiger partial charge in [-0.15, -0.1) is 11.6 Å². The average molecular weight is 330 g/mol. The van der Waals surface area contributed by atoms with Crippen molar-refractivity contribution in [3.63, 3.8) is 0 Å². The fourth-order valence-corrected chi connectivity index (χ4v) is 3.25. The van der Waals surface area contributed by atoms with Crippen molar-refractivity contribution in [2.45, 2.75) is 30.2 Å². The zero-order valence-corrected chi connectivity index (χ0v) is 13.5. The smallest absolute Gasteiger partial charge is 0.243 e. The first-order valence-corrected chi connectivity index (χ1v) is 8.60. The minimum absolute atomic E-state index is 0.0363. The predicted octanol–water partition coefficient (Wildman–Crippen LogP) is 1.40. The van der Waals surface area contributed by atoms with E-state index < -0.39 is 21.3 Å². The second kappa shape index (κ2) is 4.99. The van der Waals surface area contributed by atoms with Gasteiger partial charge in [-0.05, 0) is 26.0 Å². The second-order valence-electron chi connectivity index (χ2n) is 5.32. The third kappa shape index (κ3) is 2.51. The van der Waals surface area contributed by atoms with Gasteiger partial charge in [0, 0.05) is 6.26 Å². The fourth-order valence-electron chi connectivity index (χ4n) is 2.24. The number of amides is 1. The van der Waals surface area contributed by atoms with Gasteiger partial charge in [0.05, 0.1) is 16.3 Å². The number of carbonyl (C=O) groups excluding carboxylic acids is 1. The van der Waals surface area contributed by atoms with Gasteiger partial charge in [-0.3, -0.25) is 4.79 Å². The lowest BCUT2D eigenvalue weighted by Gasteiger charge is -2.25. The Morgan fingerprint density at radius 1 is 1.43 bits per heavy atom. The van der Waals surface area contributed by atoms with Crippen molar-refractivity contribution in [1.29, 1.82) is 0 Å². The molecular weight excluding hydrogens is 314 g/mol. The molecule has 2 aromatic rings. The molecule has 21 heavy (non-hydrogen) atoms. The summed E-state index contributed by atoms with van der Waals surface area (Å²) in [5, 5.41) is 0. The zero-order chi connectivity index (χ0) is 16.0. The molecule has 8 heteroatoms. The van der Waals surface area contributed by atoms with Crippen molar-refractivity contribution in [3.8, 4) is 0 Å². The van der Waals surface area contributed by atoms with Crippen molar-refractivity contribution >= 4 is 38.4 Å². The molecule has 1 aromatic heterocycles. The molecule has 1 amide bonds. The Hall–Kier alpha value is -1.60. The Morgan fingerprint density at radius 3 is 2.52 bits per heavy atom. The SMILES string of the molecule is CC(C)(C(N)=O)n1c(CCl)nc2c(S(C)(=O)=O)cccc21. The molecule has 0 bridgehead atoms. The van der Waals surface area contributed by atoms with E-state index in [2.05, 4.69) is 4.98 Å². The summed E-state index contributed by atoms with van der Waals surface area (Å²) in [5.41, 5.74) is 5.18. The average Bonchev–Trinajstić information content (AvgIpc) is 2.75. The van der Waals surface area contributed by atoms with Crippen LogP contribution in [-0.2, 0) is 26.1 Å². The number of benzene rings is 1. The van der Waals surface area contributed by atoms with Crippen LogP contribution >= 0.6 is 11.6 Å². The Kier molecular flexibility index (Phi) is 3.75. The van der Waals surface area contributed by atoms with E-state index in [-0.39, 0.29) is 10.8 Å². The maximum Gasteiger partial charge on any atom is 0.243 e. The van der Waals surface area contributed by atoms with Crippen LogP contribution in [0.3, 0.4) is 0 Å². The van der Waals surface area contributed by atoms with E-state index in [1.807, 2.05) is 0 Å². The van der Waals surface area contributed by atoms with Crippen LogP contribution in [0.4, 0.5) is 0 Å². The molecule has 0 aliphatic rings. The number of para-hydroxylation sites is 1. The molecule has 1 heterocycles. The Balaban J connectivity index is 2.94. The Labute approximate surface area is 127 Å². The largest absolute Gasteiger partial charge is 0.368 e. The number of primary amides is 1. The summed E-state index contributed by atoms with van der Waals surface area (Å²) >= 11 is 5.90. The molecule has 2 N–H and O–H groups in total. The normalized spacial score (nSPS) is 12.8. The van der Waals surface area contributed by atoms with Crippen molar-refractivity contribution < 1.29 is 13.2 Å². The third-order valence-corrected chi connectivity index (χ3v) is 4.77. The molecule has 0 spiro atoms. The molecule has 114 valence electrons. The van der Waals surface area contributed by atoms with E-state index in [4.69, 9.17) is 17.3 Å². The van der Waals surface area contributed by atoms with Gasteiger partial charge in [0.15, 0.2) is 9.84 Å². The molecule has 0 aliphatic heterocycles. The van der Waals surface area contributed by atoms with Gasteiger partial charge in [-0.1, -0.05) is 6.07 Å². The molecule has 0 saturated heterocycles. The number of halogens is 1. The number of carbonyl (C=O) groups is 1. The number of imidazole rings is 1. The van der Waals surface area contributed by atoms with Gasteiger partial charge in [0.2, 0.25) is 5.91 Å². The molecule has 0 unspecified atom stereocenters. The lowest BCUT2D eigenvalue weighted by atomic mass is 10.0. The molecule has 0 atom stereocenters. The maximum atomic E-state index is 11.9. The second-order valence-corrected chi connectivity index (χ2v) is 7.57. The Morgan fingerprint density at radius 2 is 2.05 bits per heavy atom. The molecule has 2 rings (SSSR count). The highest BCUT2D eigenvalue weighted by atomic mass is 35.5. The highest BCUT2D eigenvalue weighted by molar-refractivity contribution is 7.91. The van der Waals surface area contributed by atoms with Crippen molar-refractivity contribution in [1.82, 2.24) is 9.55 Å². The molecule has 1 aromatic carbocycles. The number of nitrogens with zero attached hydrogens (tertiary/aromatic N) is 2. The summed E-state index contributed by atoms with van der Waals surface area (Å²) < 4.78 is 25.3. The first-order valence-electron chi connectivity index (χ1n) is 6.17. The van der Waals surface area contributed by atoms with Crippen molar-refractivity contribution in [2.24, 2.45) is 5.73 Å². The molecule has 0 radical (unpaired) electrons. The summed E-state index contributed by atoms with van der Waals surface area (Å²) in [7, 11) is -3.44. The number of rotatable bonds is 4. The number of aromatic nitrogens is 2. The standard InChI is InChI=1S/C13H16ClN3O3S/c1-13(2,12(15)18)17-8-5-4-6-9(21(3,19)20)11(8)16-10(17)7-14/h4-6H,7H2,1-3H3,(H2,15,18). The Bertz CT molecular complexity index is 825. The summed E-state index contributed by atoms with van der Waals surface area (Å²) in [6.07, 6.45) is 1.11. The van der Waals surface area contributed by atoms with Crippen molar-refractivity contribution in [3.05, 3.63) is 24.0 Å². The van der Waals surface area contributed by atoms with Crippen LogP contribution in [0.15, 0.2) is 23.1 Å². The van der Waals surface area contributed by atoms with E-state index in [0.29, 0.717) is 16.9 Å². The van der Waals surface area contributed by atoms with Crippen LogP contribution in [0.2, 0.25) is 0 Å². The number of hydrogen-bond donors (Lipinski definition) is 1. The van der Waals surface area contributed by atoms with E-state index in [9.17, 15) is 13.2 Å². The highest BCUT2D eigenvalue weighted by Crippen LogP contribution is 2.29. The summed E-state index contributed by atoms with van der Waals surface area (Å²) in [6.45, 7) is 3.28. The quantitative estimate of drug-likeness (QED) is 0.858. The number of sulfone groups is 1. The van der Waals surface area contributed by atoms with Crippen LogP contribution in [0.5, 0.6) is 0 Å². The van der Waals surface area contributed by atoms with Crippen LogP contribution in [0.1, 0.15) is 19.7 Å². The summed E-state index contributed by atoms with van der Waals surface area (Å²) in [6, 6.07) is 4.77. The number of hydrogen-bond acceptors (Lipinski definition) is 4. The summed E-state index contributed by atoms with van der Waals surface area (Å²) in [4.78, 5) is 16.1. The van der Waals surface area contributed by atoms with Gasteiger partial charge >= 0.3 is 0 Å². The number of fused-ring (bicyclic) bond motifs is 1. The van der Waals surface area contributed by atoms with Gasteiger partial charge in [-0.2, -0.15) is 0 Å². The molecular formula is C13H16ClN3O3S. The summed E-state index contributed by atoms with van der Waals surface area (Å²) in [5.74, 6) is -0.126. The zero-order valence-electron chi connectivity index (χ0n) is 11.9. The van der Waals surface area contributed by atoms with Crippen LogP contribution in [0, 0.1) is 0 Å². The van der Waals surface area contributed by atoms with Crippen LogP contribution in [-0.4, -0.2) is 30.1 Å². The van der Waals surface area contributed by atoms with Crippen LogP contribution < -0.4 is 5.73 Å². The van der Waals surface area contributed by atoms with E-state index in [1.54, 1.807) is 30.5 Å². The minimum atomic E-state index is -3.44. The van der Waals surface area contributed by atoms with E-state index in [0.717, 1.165) is 6.26 Å². The predicted molar refractivity (Wildman–Crippen MR) is 80.9 cm³/mol. The van der Waals surface area contributed by atoms with Gasteiger partial charge in [-0.25, -0.2) is 13.4 Å². The van der Waals surface area contributed by atoms with E-state index >= 15 is 0 Å². The third-order valence-electron chi connectivity index (χ3n) is 3.40. The number of nitrogens with two attached hydrogens (primary N) is 1. The first-order chi connectivity index (χ1) is 9.60. The van der Waals surface area contributed by atoms with Crippen LogP contribution in [0.25, 0.3) is 11.0 Å². The number of alkyl halides is 1. The van der Waals surface area contributed by atoms with Gasteiger partial charge in [0.25, 0.3) is 0 Å². The first kappa shape index (κ1) is 15.8. The minimum Gasteiger partial charge on any atom is -0.368 e. The van der Waals surface area contributed by atoms with Gasteiger partial charge < -0.3 is 10.3 Å². The molecule has 0 saturated carbocycles. The van der Waals surface area contributed by atoms with E-state index in [1.165, 1.54) is 6.07 Å². The molecule has 0 fully saturated rings.